The van der Waals surface area contributed by atoms with Crippen molar-refractivity contribution in [3.05, 3.63) is 35.9 Å². The van der Waals surface area contributed by atoms with Gasteiger partial charge in [-0.05, 0) is 24.3 Å². The molecule has 2 heterocycles. The van der Waals surface area contributed by atoms with Gasteiger partial charge < -0.3 is 14.8 Å². The number of nitrogens with zero attached hydrogens (tertiary/aromatic N) is 2. The smallest absolute Gasteiger partial charge is 0.266 e. The van der Waals surface area contributed by atoms with E-state index < -0.39 is 6.10 Å². The molecule has 1 aromatic rings. The Labute approximate surface area is 124 Å². The molecule has 0 aliphatic carbocycles. The van der Waals surface area contributed by atoms with Crippen LogP contribution in [0.4, 0.5) is 0 Å². The largest absolute Gasteiger partial charge is 0.396 e. The summed E-state index contributed by atoms with van der Waals surface area (Å²) in [5, 5.41) is 13.3. The van der Waals surface area contributed by atoms with Crippen LogP contribution < -0.4 is 0 Å². The van der Waals surface area contributed by atoms with E-state index >= 15 is 0 Å². The van der Waals surface area contributed by atoms with E-state index in [1.165, 1.54) is 0 Å². The van der Waals surface area contributed by atoms with Crippen molar-refractivity contribution in [3.8, 4) is 0 Å². The summed E-state index contributed by atoms with van der Waals surface area (Å²) in [5.41, 5.74) is 1.82. The van der Waals surface area contributed by atoms with E-state index in [4.69, 9.17) is 4.84 Å². The molecule has 0 bridgehead atoms. The molecule has 5 heteroatoms. The average molecular weight is 288 g/mol. The molecule has 0 saturated carbocycles. The number of hydrogen-bond donors (Lipinski definition) is 1. The lowest BCUT2D eigenvalue weighted by Crippen LogP contribution is -2.45. The van der Waals surface area contributed by atoms with Crippen LogP contribution in [0.5, 0.6) is 0 Å². The molecule has 21 heavy (non-hydrogen) atoms. The normalized spacial score (nSPS) is 25.4. The summed E-state index contributed by atoms with van der Waals surface area (Å²) >= 11 is 0. The molecule has 1 fully saturated rings. The van der Waals surface area contributed by atoms with Gasteiger partial charge in [0.1, 0.15) is 0 Å². The van der Waals surface area contributed by atoms with Gasteiger partial charge in [-0.25, -0.2) is 0 Å². The maximum atomic E-state index is 12.5. The third-order valence-electron chi connectivity index (χ3n) is 4.14. The first-order chi connectivity index (χ1) is 10.3. The van der Waals surface area contributed by atoms with E-state index in [-0.39, 0.29) is 18.4 Å². The van der Waals surface area contributed by atoms with Crippen molar-refractivity contribution >= 4 is 11.6 Å². The lowest BCUT2D eigenvalue weighted by atomic mass is 9.98. The molecule has 5 nitrogen and oxygen atoms in total. The van der Waals surface area contributed by atoms with E-state index in [1.807, 2.05) is 30.3 Å². The van der Waals surface area contributed by atoms with Gasteiger partial charge in [-0.15, -0.1) is 0 Å². The van der Waals surface area contributed by atoms with Gasteiger partial charge in [-0.2, -0.15) is 0 Å². The molecule has 2 atom stereocenters. The molecule has 3 rings (SSSR count). The molecule has 2 aliphatic rings. The summed E-state index contributed by atoms with van der Waals surface area (Å²) in [6.45, 7) is 1.51. The topological polar surface area (TPSA) is 62.1 Å². The third-order valence-corrected chi connectivity index (χ3v) is 4.14. The molecule has 112 valence electrons. The third kappa shape index (κ3) is 3.08. The molecular weight excluding hydrogens is 268 g/mol. The van der Waals surface area contributed by atoms with Gasteiger partial charge in [0.2, 0.25) is 6.10 Å². The second kappa shape index (κ2) is 6.26. The summed E-state index contributed by atoms with van der Waals surface area (Å²) in [5.74, 6) is 0.182. The van der Waals surface area contributed by atoms with Crippen LogP contribution in [-0.4, -0.2) is 47.4 Å². The maximum Gasteiger partial charge on any atom is 0.266 e. The zero-order valence-corrected chi connectivity index (χ0v) is 11.9. The van der Waals surface area contributed by atoms with Gasteiger partial charge >= 0.3 is 0 Å². The van der Waals surface area contributed by atoms with Crippen LogP contribution in [0.25, 0.3) is 0 Å². The second-order valence-electron chi connectivity index (χ2n) is 5.68. The van der Waals surface area contributed by atoms with Gasteiger partial charge in [0, 0.05) is 26.1 Å². The van der Waals surface area contributed by atoms with E-state index in [9.17, 15) is 9.90 Å². The predicted octanol–water partition coefficient (Wildman–Crippen LogP) is 1.41. The fraction of sp³-hybridized carbons (Fsp3) is 0.500. The molecule has 0 aromatic heterocycles. The van der Waals surface area contributed by atoms with Crippen LogP contribution in [0, 0.1) is 5.92 Å². The highest BCUT2D eigenvalue weighted by atomic mass is 16.6. The fourth-order valence-electron chi connectivity index (χ4n) is 2.93. The Morgan fingerprint density at radius 1 is 1.38 bits per heavy atom. The molecular formula is C16H20N2O3. The van der Waals surface area contributed by atoms with Crippen LogP contribution in [0.15, 0.2) is 35.5 Å². The first-order valence-electron chi connectivity index (χ1n) is 7.45. The monoisotopic (exact) mass is 288 g/mol. The molecule has 0 radical (unpaired) electrons. The fourth-order valence-corrected chi connectivity index (χ4v) is 2.93. The number of hydrogen-bond acceptors (Lipinski definition) is 4. The first-order valence-corrected chi connectivity index (χ1v) is 7.45. The van der Waals surface area contributed by atoms with E-state index in [0.717, 1.165) is 30.7 Å². The lowest BCUT2D eigenvalue weighted by molar-refractivity contribution is -0.144. The van der Waals surface area contributed by atoms with Gasteiger partial charge in [0.05, 0.1) is 5.71 Å². The van der Waals surface area contributed by atoms with Crippen LogP contribution in [0.2, 0.25) is 0 Å². The highest BCUT2D eigenvalue weighted by Crippen LogP contribution is 2.22. The molecule has 1 aromatic carbocycles. The SMILES string of the molecule is O=C(C1CC(c2ccccc2)=NO1)N1CCCC(CO)C1. The Morgan fingerprint density at radius 2 is 2.19 bits per heavy atom. The van der Waals surface area contributed by atoms with Crippen LogP contribution in [-0.2, 0) is 9.63 Å². The number of likely N-dealkylation sites (tertiary alicyclic amines) is 1. The van der Waals surface area contributed by atoms with Crippen LogP contribution >= 0.6 is 0 Å². The first kappa shape index (κ1) is 14.1. The predicted molar refractivity (Wildman–Crippen MR) is 78.9 cm³/mol. The van der Waals surface area contributed by atoms with Crippen molar-refractivity contribution < 1.29 is 14.7 Å². The number of rotatable bonds is 3. The highest BCUT2D eigenvalue weighted by molar-refractivity contribution is 6.04. The Balaban J connectivity index is 1.61. The van der Waals surface area contributed by atoms with Crippen molar-refractivity contribution in [2.24, 2.45) is 11.1 Å². The Bertz CT molecular complexity index is 530. The molecule has 1 amide bonds. The number of aliphatic hydroxyl groups excluding tert-OH is 1. The summed E-state index contributed by atoms with van der Waals surface area (Å²) in [6.07, 6.45) is 1.93. The van der Waals surface area contributed by atoms with Crippen molar-refractivity contribution in [2.75, 3.05) is 19.7 Å². The number of amides is 1. The Kier molecular flexibility index (Phi) is 4.20. The Hall–Kier alpha value is -1.88. The molecule has 1 saturated heterocycles. The summed E-state index contributed by atoms with van der Waals surface area (Å²) in [6, 6.07) is 9.79. The quantitative estimate of drug-likeness (QED) is 0.914. The molecule has 2 unspecified atom stereocenters. The Morgan fingerprint density at radius 3 is 2.95 bits per heavy atom. The van der Waals surface area contributed by atoms with Gasteiger partial charge in [-0.1, -0.05) is 35.5 Å². The van der Waals surface area contributed by atoms with E-state index in [0.29, 0.717) is 13.0 Å². The summed E-state index contributed by atoms with van der Waals surface area (Å²) in [7, 11) is 0. The van der Waals surface area contributed by atoms with Crippen molar-refractivity contribution in [1.82, 2.24) is 4.90 Å². The standard InChI is InChI=1S/C16H20N2O3/c19-11-12-5-4-8-18(10-12)16(20)15-9-14(17-21-15)13-6-2-1-3-7-13/h1-3,6-7,12,15,19H,4-5,8-11H2. The van der Waals surface area contributed by atoms with Crippen molar-refractivity contribution in [2.45, 2.75) is 25.4 Å². The number of aliphatic hydroxyl groups is 1. The minimum Gasteiger partial charge on any atom is -0.396 e. The van der Waals surface area contributed by atoms with Crippen LogP contribution in [0.1, 0.15) is 24.8 Å². The number of carbonyl (C=O) groups is 1. The van der Waals surface area contributed by atoms with Gasteiger partial charge in [0.15, 0.2) is 0 Å². The minimum atomic E-state index is -0.516. The van der Waals surface area contributed by atoms with E-state index in [1.54, 1.807) is 4.90 Å². The second-order valence-corrected chi connectivity index (χ2v) is 5.68. The lowest BCUT2D eigenvalue weighted by Gasteiger charge is -2.32. The van der Waals surface area contributed by atoms with Crippen molar-refractivity contribution in [3.63, 3.8) is 0 Å². The molecule has 1 N–H and O–H groups in total. The molecule has 2 aliphatic heterocycles. The number of oxime groups is 1. The minimum absolute atomic E-state index is 0.0113. The zero-order chi connectivity index (χ0) is 14.7. The number of carbonyl (C=O) groups excluding carboxylic acids is 1. The van der Waals surface area contributed by atoms with E-state index in [2.05, 4.69) is 5.16 Å². The van der Waals surface area contributed by atoms with Gasteiger partial charge in [-0.3, -0.25) is 4.79 Å². The van der Waals surface area contributed by atoms with Crippen LogP contribution in [0.3, 0.4) is 0 Å². The number of piperidine rings is 1. The summed E-state index contributed by atoms with van der Waals surface area (Å²) < 4.78 is 0. The van der Waals surface area contributed by atoms with Gasteiger partial charge in [0.25, 0.3) is 5.91 Å². The number of benzene rings is 1. The molecule has 0 spiro atoms. The highest BCUT2D eigenvalue weighted by Gasteiger charge is 2.34. The maximum absolute atomic E-state index is 12.5. The zero-order valence-electron chi connectivity index (χ0n) is 11.9. The summed E-state index contributed by atoms with van der Waals surface area (Å²) in [4.78, 5) is 19.6. The average Bonchev–Trinajstić information content (AvgIpc) is 3.05. The van der Waals surface area contributed by atoms with Crippen molar-refractivity contribution in [1.29, 1.82) is 0 Å².